The first-order valence-corrected chi connectivity index (χ1v) is 12.0. The number of halogens is 2. The highest BCUT2D eigenvalue weighted by Gasteiger charge is 2.43. The summed E-state index contributed by atoms with van der Waals surface area (Å²) in [7, 11) is 0. The van der Waals surface area contributed by atoms with Gasteiger partial charge in [-0.2, -0.15) is 9.36 Å². The molecule has 6 nitrogen and oxygen atoms in total. The van der Waals surface area contributed by atoms with Gasteiger partial charge in [-0.25, -0.2) is 13.3 Å². The summed E-state index contributed by atoms with van der Waals surface area (Å²) in [5.41, 5.74) is 3.53. The van der Waals surface area contributed by atoms with Crippen molar-refractivity contribution >= 4 is 28.1 Å². The predicted molar refractivity (Wildman–Crippen MR) is 126 cm³/mol. The molecule has 0 radical (unpaired) electrons. The highest BCUT2D eigenvalue weighted by Crippen LogP contribution is 2.41. The summed E-state index contributed by atoms with van der Waals surface area (Å²) in [5, 5.41) is 9.56. The third-order valence-electron chi connectivity index (χ3n) is 6.89. The number of piperidine rings is 1. The molecular formula is C24H24F2N6S. The predicted octanol–water partition coefficient (Wildman–Crippen LogP) is 5.43. The summed E-state index contributed by atoms with van der Waals surface area (Å²) >= 11 is 1.58. The van der Waals surface area contributed by atoms with Crippen LogP contribution in [0.25, 0.3) is 16.8 Å². The maximum absolute atomic E-state index is 12.9. The first-order chi connectivity index (χ1) is 16.0. The fraction of sp³-hybridized carbons (Fsp3) is 0.375. The number of anilines is 2. The molecule has 2 fully saturated rings. The van der Waals surface area contributed by atoms with E-state index in [1.54, 1.807) is 28.2 Å². The van der Waals surface area contributed by atoms with Crippen LogP contribution in [0.2, 0.25) is 0 Å². The largest absolute Gasteiger partial charge is 0.361 e. The van der Waals surface area contributed by atoms with Crippen molar-refractivity contribution in [1.29, 1.82) is 0 Å². The van der Waals surface area contributed by atoms with Crippen molar-refractivity contribution in [2.75, 3.05) is 23.3 Å². The van der Waals surface area contributed by atoms with Crippen molar-refractivity contribution in [3.8, 4) is 11.1 Å². The van der Waals surface area contributed by atoms with Gasteiger partial charge in [0.15, 0.2) is 5.65 Å². The quantitative estimate of drug-likeness (QED) is 0.425. The van der Waals surface area contributed by atoms with Gasteiger partial charge in [0, 0.05) is 36.5 Å². The number of nitrogens with one attached hydrogen (secondary N) is 1. The number of benzene rings is 1. The highest BCUT2D eigenvalue weighted by molar-refractivity contribution is 7.10. The first-order valence-electron chi connectivity index (χ1n) is 11.2. The zero-order valence-corrected chi connectivity index (χ0v) is 19.0. The summed E-state index contributed by atoms with van der Waals surface area (Å²) in [6.07, 6.45) is 1.80. The van der Waals surface area contributed by atoms with Crippen LogP contribution in [-0.2, 0) is 0 Å². The fourth-order valence-corrected chi connectivity index (χ4v) is 6.07. The third-order valence-corrected chi connectivity index (χ3v) is 7.84. The van der Waals surface area contributed by atoms with E-state index < -0.39 is 6.43 Å². The van der Waals surface area contributed by atoms with Gasteiger partial charge in [-0.1, -0.05) is 24.3 Å². The van der Waals surface area contributed by atoms with Crippen LogP contribution >= 0.6 is 11.5 Å². The van der Waals surface area contributed by atoms with E-state index in [2.05, 4.69) is 25.8 Å². The lowest BCUT2D eigenvalue weighted by atomic mass is 9.92. The Morgan fingerprint density at radius 2 is 1.85 bits per heavy atom. The van der Waals surface area contributed by atoms with Gasteiger partial charge in [-0.15, -0.1) is 5.10 Å². The molecule has 6 rings (SSSR count). The van der Waals surface area contributed by atoms with Gasteiger partial charge in [0.05, 0.1) is 5.69 Å². The van der Waals surface area contributed by atoms with E-state index >= 15 is 0 Å². The molecular weight excluding hydrogens is 442 g/mol. The minimum Gasteiger partial charge on any atom is -0.361 e. The lowest BCUT2D eigenvalue weighted by Crippen LogP contribution is -2.48. The molecule has 1 aliphatic carbocycles. The van der Waals surface area contributed by atoms with Crippen LogP contribution in [0.1, 0.15) is 30.5 Å². The first kappa shape index (κ1) is 20.5. The van der Waals surface area contributed by atoms with E-state index in [0.717, 1.165) is 35.6 Å². The third kappa shape index (κ3) is 3.74. The SMILES string of the molecule is Cc1cc(N2C[C@H]3CC[C@@H](C2)[C@@H]3Nc2nc3c(-c4ccc(C(F)F)cc4)cccn3n2)sn1. The number of nitrogens with zero attached hydrogens (tertiary/aromatic N) is 5. The average Bonchev–Trinajstić information content (AvgIpc) is 3.49. The molecule has 9 heteroatoms. The molecule has 3 aromatic heterocycles. The Morgan fingerprint density at radius 1 is 1.09 bits per heavy atom. The Bertz CT molecular complexity index is 1270. The molecule has 1 N–H and O–H groups in total. The van der Waals surface area contributed by atoms with Crippen molar-refractivity contribution < 1.29 is 8.78 Å². The topological polar surface area (TPSA) is 58.4 Å². The molecule has 4 aromatic rings. The van der Waals surface area contributed by atoms with Crippen molar-refractivity contribution in [3.63, 3.8) is 0 Å². The Balaban J connectivity index is 1.24. The molecule has 0 unspecified atom stereocenters. The van der Waals surface area contributed by atoms with E-state index in [1.807, 2.05) is 25.3 Å². The van der Waals surface area contributed by atoms with E-state index in [-0.39, 0.29) is 5.56 Å². The molecule has 3 atom stereocenters. The Kier molecular flexibility index (Phi) is 5.01. The fourth-order valence-electron chi connectivity index (χ4n) is 5.29. The van der Waals surface area contributed by atoms with Crippen LogP contribution in [-0.4, -0.2) is 38.1 Å². The number of alkyl halides is 2. The molecule has 2 aliphatic rings. The van der Waals surface area contributed by atoms with E-state index in [0.29, 0.717) is 23.8 Å². The van der Waals surface area contributed by atoms with Crippen LogP contribution in [0.4, 0.5) is 19.7 Å². The molecule has 1 saturated heterocycles. The van der Waals surface area contributed by atoms with Crippen molar-refractivity contribution in [2.45, 2.75) is 32.2 Å². The number of aromatic nitrogens is 4. The summed E-state index contributed by atoms with van der Waals surface area (Å²) in [4.78, 5) is 7.26. The molecule has 1 aliphatic heterocycles. The maximum Gasteiger partial charge on any atom is 0.263 e. The van der Waals surface area contributed by atoms with Gasteiger partial charge in [0.25, 0.3) is 6.43 Å². The summed E-state index contributed by atoms with van der Waals surface area (Å²) in [6.45, 7) is 4.08. The van der Waals surface area contributed by atoms with Crippen molar-refractivity contribution in [2.24, 2.45) is 11.8 Å². The van der Waals surface area contributed by atoms with Gasteiger partial charge in [-0.3, -0.25) is 0 Å². The van der Waals surface area contributed by atoms with E-state index in [1.165, 1.54) is 30.0 Å². The lowest BCUT2D eigenvalue weighted by Gasteiger charge is -2.38. The van der Waals surface area contributed by atoms with Crippen LogP contribution in [0.5, 0.6) is 0 Å². The van der Waals surface area contributed by atoms with Crippen molar-refractivity contribution in [3.05, 3.63) is 59.9 Å². The second kappa shape index (κ2) is 8.06. The standard InChI is InChI=1S/C24H24F2N6S/c1-14-11-20(33-30-14)31-12-17-8-9-18(13-31)21(17)27-24-28-23-19(3-2-10-32(23)29-24)15-4-6-16(7-5-15)22(25)26/h2-7,10-11,17-18,21-22H,8-9,12-13H2,1H3,(H,27,29)/t17-,18+,21-. The zero-order chi connectivity index (χ0) is 22.5. The zero-order valence-electron chi connectivity index (χ0n) is 18.2. The number of hydrogen-bond donors (Lipinski definition) is 1. The minimum absolute atomic E-state index is 0.0184. The van der Waals surface area contributed by atoms with Gasteiger partial charge in [0.1, 0.15) is 5.00 Å². The second-order valence-electron chi connectivity index (χ2n) is 9.03. The van der Waals surface area contributed by atoms with Gasteiger partial charge in [0.2, 0.25) is 5.95 Å². The summed E-state index contributed by atoms with van der Waals surface area (Å²) < 4.78 is 32.1. The van der Waals surface area contributed by atoms with Crippen LogP contribution in [0, 0.1) is 18.8 Å². The van der Waals surface area contributed by atoms with Gasteiger partial charge >= 0.3 is 0 Å². The van der Waals surface area contributed by atoms with Gasteiger partial charge in [-0.05, 0) is 66.9 Å². The molecule has 1 aromatic carbocycles. The van der Waals surface area contributed by atoms with Gasteiger partial charge < -0.3 is 10.2 Å². The molecule has 0 spiro atoms. The lowest BCUT2D eigenvalue weighted by molar-refractivity contribution is 0.151. The normalized spacial score (nSPS) is 22.4. The summed E-state index contributed by atoms with van der Waals surface area (Å²) in [5.74, 6) is 1.70. The molecule has 33 heavy (non-hydrogen) atoms. The average molecular weight is 467 g/mol. The number of fused-ring (bicyclic) bond motifs is 3. The molecule has 4 heterocycles. The molecule has 2 bridgehead atoms. The molecule has 1 saturated carbocycles. The molecule has 0 amide bonds. The number of pyridine rings is 1. The minimum atomic E-state index is -2.47. The van der Waals surface area contributed by atoms with Crippen LogP contribution in [0.15, 0.2) is 48.7 Å². The monoisotopic (exact) mass is 466 g/mol. The van der Waals surface area contributed by atoms with Crippen LogP contribution in [0.3, 0.4) is 0 Å². The Morgan fingerprint density at radius 3 is 2.52 bits per heavy atom. The van der Waals surface area contributed by atoms with E-state index in [9.17, 15) is 8.78 Å². The van der Waals surface area contributed by atoms with Crippen molar-refractivity contribution in [1.82, 2.24) is 19.0 Å². The number of hydrogen-bond acceptors (Lipinski definition) is 6. The Labute approximate surface area is 194 Å². The van der Waals surface area contributed by atoms with Crippen LogP contribution < -0.4 is 10.2 Å². The maximum atomic E-state index is 12.9. The highest BCUT2D eigenvalue weighted by atomic mass is 32.1. The Hall–Kier alpha value is -3.07. The molecule has 170 valence electrons. The number of aryl methyl sites for hydroxylation is 1. The smallest absolute Gasteiger partial charge is 0.263 e. The van der Waals surface area contributed by atoms with E-state index in [4.69, 9.17) is 4.98 Å². The summed E-state index contributed by atoms with van der Waals surface area (Å²) in [6, 6.07) is 12.7. The number of rotatable bonds is 5. The second-order valence-corrected chi connectivity index (χ2v) is 9.81.